The highest BCUT2D eigenvalue weighted by Crippen LogP contribution is 2.41. The smallest absolute Gasteiger partial charge is 0.251 e. The summed E-state index contributed by atoms with van der Waals surface area (Å²) < 4.78 is 1.05. The van der Waals surface area contributed by atoms with E-state index in [4.69, 9.17) is 4.99 Å². The van der Waals surface area contributed by atoms with Crippen molar-refractivity contribution in [3.05, 3.63) is 87.9 Å². The van der Waals surface area contributed by atoms with Crippen molar-refractivity contribution in [1.82, 2.24) is 5.32 Å². The summed E-state index contributed by atoms with van der Waals surface area (Å²) >= 11 is 5.27. The van der Waals surface area contributed by atoms with E-state index in [1.165, 1.54) is 10.5 Å². The summed E-state index contributed by atoms with van der Waals surface area (Å²) in [5, 5.41) is 3.04. The van der Waals surface area contributed by atoms with Crippen molar-refractivity contribution < 1.29 is 4.79 Å². The maximum atomic E-state index is 12.7. The number of nitrogens with one attached hydrogen (secondary N) is 1. The number of hydrogen-bond donors (Lipinski definition) is 1. The van der Waals surface area contributed by atoms with Crippen molar-refractivity contribution in [2.24, 2.45) is 4.99 Å². The molecule has 1 heterocycles. The average molecular weight is 479 g/mol. The van der Waals surface area contributed by atoms with Crippen molar-refractivity contribution >= 4 is 45.0 Å². The highest BCUT2D eigenvalue weighted by molar-refractivity contribution is 9.10. The number of aliphatic imine (C=N–C) groups is 1. The van der Waals surface area contributed by atoms with Crippen molar-refractivity contribution in [3.63, 3.8) is 0 Å². The van der Waals surface area contributed by atoms with Gasteiger partial charge in [0.25, 0.3) is 5.91 Å². The van der Waals surface area contributed by atoms with E-state index in [0.29, 0.717) is 12.1 Å². The minimum Gasteiger partial charge on any atom is -0.352 e. The van der Waals surface area contributed by atoms with E-state index in [-0.39, 0.29) is 5.91 Å². The Morgan fingerprint density at radius 2 is 1.83 bits per heavy atom. The molecule has 0 aromatic heterocycles. The number of nitrogens with zero attached hydrogens (tertiary/aromatic N) is 1. The largest absolute Gasteiger partial charge is 0.352 e. The molecular weight excluding hydrogens is 456 g/mol. The van der Waals surface area contributed by atoms with E-state index in [0.717, 1.165) is 45.6 Å². The van der Waals surface area contributed by atoms with Gasteiger partial charge in [0.05, 0.1) is 5.69 Å². The number of aryl methyl sites for hydroxylation is 1. The van der Waals surface area contributed by atoms with E-state index < -0.39 is 0 Å². The minimum absolute atomic E-state index is 0.0476. The Bertz CT molecular complexity index is 1100. The summed E-state index contributed by atoms with van der Waals surface area (Å²) in [5.74, 6) is -0.0476. The van der Waals surface area contributed by atoms with Crippen LogP contribution in [0.25, 0.3) is 0 Å². The van der Waals surface area contributed by atoms with Crippen LogP contribution in [0, 0.1) is 0 Å². The number of benzene rings is 3. The maximum Gasteiger partial charge on any atom is 0.251 e. The second-order valence-corrected chi connectivity index (χ2v) is 9.18. The van der Waals surface area contributed by atoms with Crippen molar-refractivity contribution in [2.75, 3.05) is 6.54 Å². The first-order chi connectivity index (χ1) is 14.6. The Hall–Kier alpha value is -2.37. The zero-order chi connectivity index (χ0) is 20.9. The molecule has 4 rings (SSSR count). The standard InChI is InChI=1S/C25H23BrN2OS/c1-2-21-20-16-19(26)11-13-23(20)30-24-12-10-18(15-22(24)28-21)25(29)27-14-6-9-17-7-4-3-5-8-17/h3-5,7-8,10-13,15-16H,2,6,9,14H2,1H3,(H,27,29). The number of fused-ring (bicyclic) bond motifs is 2. The van der Waals surface area contributed by atoms with Crippen LogP contribution in [0.2, 0.25) is 0 Å². The van der Waals surface area contributed by atoms with Crippen LogP contribution in [-0.2, 0) is 6.42 Å². The van der Waals surface area contributed by atoms with E-state index >= 15 is 0 Å². The van der Waals surface area contributed by atoms with Crippen molar-refractivity contribution in [2.45, 2.75) is 36.0 Å². The molecule has 0 bridgehead atoms. The monoisotopic (exact) mass is 478 g/mol. The lowest BCUT2D eigenvalue weighted by Gasteiger charge is -2.08. The summed E-state index contributed by atoms with van der Waals surface area (Å²) in [4.78, 5) is 19.8. The van der Waals surface area contributed by atoms with Gasteiger partial charge in [-0.1, -0.05) is 64.9 Å². The molecule has 30 heavy (non-hydrogen) atoms. The molecule has 152 valence electrons. The first-order valence-corrected chi connectivity index (χ1v) is 11.8. The van der Waals surface area contributed by atoms with Crippen molar-refractivity contribution in [1.29, 1.82) is 0 Å². The van der Waals surface area contributed by atoms with Crippen LogP contribution < -0.4 is 5.32 Å². The quantitative estimate of drug-likeness (QED) is 0.395. The van der Waals surface area contributed by atoms with Gasteiger partial charge < -0.3 is 5.32 Å². The van der Waals surface area contributed by atoms with Gasteiger partial charge in [0, 0.05) is 37.6 Å². The fourth-order valence-corrected chi connectivity index (χ4v) is 4.85. The molecule has 3 aromatic carbocycles. The Morgan fingerprint density at radius 1 is 1.03 bits per heavy atom. The van der Waals surface area contributed by atoms with Crippen LogP contribution in [0.5, 0.6) is 0 Å². The van der Waals surface area contributed by atoms with E-state index in [1.807, 2.05) is 36.4 Å². The molecule has 1 aliphatic heterocycles. The third-order valence-electron chi connectivity index (χ3n) is 5.05. The summed E-state index contributed by atoms with van der Waals surface area (Å²) in [6.45, 7) is 2.77. The maximum absolute atomic E-state index is 12.7. The summed E-state index contributed by atoms with van der Waals surface area (Å²) in [6, 6.07) is 22.5. The molecule has 0 spiro atoms. The molecule has 1 N–H and O–H groups in total. The van der Waals surface area contributed by atoms with Gasteiger partial charge in [0.15, 0.2) is 0 Å². The molecular formula is C25H23BrN2OS. The van der Waals surface area contributed by atoms with Gasteiger partial charge in [-0.25, -0.2) is 0 Å². The number of halogens is 1. The number of amides is 1. The molecule has 0 unspecified atom stereocenters. The first kappa shape index (κ1) is 20.9. The highest BCUT2D eigenvalue weighted by Gasteiger charge is 2.18. The molecule has 3 nitrogen and oxygen atoms in total. The minimum atomic E-state index is -0.0476. The SMILES string of the molecule is CCC1=Nc2cc(C(=O)NCCCc3ccccc3)ccc2Sc2ccc(Br)cc21. The van der Waals surface area contributed by atoms with Gasteiger partial charge in [-0.05, 0) is 61.2 Å². The topological polar surface area (TPSA) is 41.5 Å². The molecule has 0 radical (unpaired) electrons. The lowest BCUT2D eigenvalue weighted by atomic mass is 10.1. The third kappa shape index (κ3) is 4.85. The molecule has 1 amide bonds. The van der Waals surface area contributed by atoms with E-state index in [9.17, 15) is 4.79 Å². The molecule has 0 atom stereocenters. The van der Waals surface area contributed by atoms with Crippen LogP contribution in [0.3, 0.4) is 0 Å². The fourth-order valence-electron chi connectivity index (χ4n) is 3.48. The molecule has 0 aliphatic carbocycles. The molecule has 0 saturated carbocycles. The second kappa shape index (κ2) is 9.63. The van der Waals surface area contributed by atoms with Crippen LogP contribution in [0.15, 0.2) is 86.0 Å². The van der Waals surface area contributed by atoms with E-state index in [2.05, 4.69) is 58.5 Å². The van der Waals surface area contributed by atoms with Gasteiger partial charge in [0.2, 0.25) is 0 Å². The van der Waals surface area contributed by atoms with Gasteiger partial charge in [-0.15, -0.1) is 0 Å². The van der Waals surface area contributed by atoms with E-state index in [1.54, 1.807) is 11.8 Å². The van der Waals surface area contributed by atoms with Crippen LogP contribution in [-0.4, -0.2) is 18.2 Å². The number of hydrogen-bond acceptors (Lipinski definition) is 3. The number of rotatable bonds is 6. The second-order valence-electron chi connectivity index (χ2n) is 7.18. The zero-order valence-electron chi connectivity index (χ0n) is 16.8. The molecule has 0 fully saturated rings. The molecule has 5 heteroatoms. The normalized spacial score (nSPS) is 12.4. The van der Waals surface area contributed by atoms with Crippen LogP contribution >= 0.6 is 27.7 Å². The Kier molecular flexibility index (Phi) is 6.70. The Morgan fingerprint density at radius 3 is 2.63 bits per heavy atom. The predicted molar refractivity (Wildman–Crippen MR) is 128 cm³/mol. The first-order valence-electron chi connectivity index (χ1n) is 10.2. The Labute approximate surface area is 190 Å². The number of carbonyl (C=O) groups excluding carboxylic acids is 1. The summed E-state index contributed by atoms with van der Waals surface area (Å²) in [6.07, 6.45) is 2.71. The van der Waals surface area contributed by atoms with Crippen molar-refractivity contribution in [3.8, 4) is 0 Å². The highest BCUT2D eigenvalue weighted by atomic mass is 79.9. The summed E-state index contributed by atoms with van der Waals surface area (Å²) in [7, 11) is 0. The zero-order valence-corrected chi connectivity index (χ0v) is 19.2. The van der Waals surface area contributed by atoms with Crippen LogP contribution in [0.4, 0.5) is 5.69 Å². The lowest BCUT2D eigenvalue weighted by molar-refractivity contribution is 0.0953. The van der Waals surface area contributed by atoms with Gasteiger partial charge in [0.1, 0.15) is 0 Å². The van der Waals surface area contributed by atoms with Gasteiger partial charge in [-0.2, -0.15) is 0 Å². The predicted octanol–water partition coefficient (Wildman–Crippen LogP) is 6.81. The fraction of sp³-hybridized carbons (Fsp3) is 0.200. The Balaban J connectivity index is 1.47. The molecule has 1 aliphatic rings. The lowest BCUT2D eigenvalue weighted by Crippen LogP contribution is -2.24. The van der Waals surface area contributed by atoms with Gasteiger partial charge in [-0.3, -0.25) is 9.79 Å². The average Bonchev–Trinajstić information content (AvgIpc) is 2.93. The molecule has 3 aromatic rings. The van der Waals surface area contributed by atoms with Crippen LogP contribution in [0.1, 0.15) is 41.3 Å². The third-order valence-corrected chi connectivity index (χ3v) is 6.69. The van der Waals surface area contributed by atoms with Gasteiger partial charge >= 0.3 is 0 Å². The number of carbonyl (C=O) groups is 1. The summed E-state index contributed by atoms with van der Waals surface area (Å²) in [5.41, 5.74) is 5.00. The molecule has 0 saturated heterocycles.